The van der Waals surface area contributed by atoms with Crippen molar-refractivity contribution in [3.63, 3.8) is 0 Å². The molecule has 1 aromatic rings. The minimum absolute atomic E-state index is 0.00221. The van der Waals surface area contributed by atoms with Gasteiger partial charge in [-0.25, -0.2) is 4.39 Å². The lowest BCUT2D eigenvalue weighted by molar-refractivity contribution is -0.140. The Balaban J connectivity index is 2.08. The molecule has 1 saturated heterocycles. The van der Waals surface area contributed by atoms with Gasteiger partial charge in [-0.15, -0.1) is 0 Å². The van der Waals surface area contributed by atoms with E-state index >= 15 is 0 Å². The lowest BCUT2D eigenvalue weighted by Crippen LogP contribution is -2.41. The van der Waals surface area contributed by atoms with Crippen molar-refractivity contribution >= 4 is 21.9 Å². The van der Waals surface area contributed by atoms with Crippen LogP contribution in [0.4, 0.5) is 4.39 Å². The van der Waals surface area contributed by atoms with Gasteiger partial charge in [0.25, 0.3) is 0 Å². The van der Waals surface area contributed by atoms with Gasteiger partial charge in [0.1, 0.15) is 5.82 Å². The molecule has 2 rings (SSSR count). The molecule has 1 N–H and O–H groups in total. The molecule has 4 nitrogen and oxygen atoms in total. The molecule has 6 heteroatoms. The van der Waals surface area contributed by atoms with Gasteiger partial charge in [0, 0.05) is 13.1 Å². The summed E-state index contributed by atoms with van der Waals surface area (Å²) in [5.74, 6) is -1.17. The molecule has 1 aliphatic heterocycles. The normalized spacial score (nSPS) is 20.9. The number of carboxylic acid groups (broad SMARTS) is 1. The Kier molecular flexibility index (Phi) is 4.31. The van der Waals surface area contributed by atoms with Gasteiger partial charge in [-0.3, -0.25) is 9.69 Å². The number of rotatable bonds is 3. The number of nitrogens with zero attached hydrogens (tertiary/aromatic N) is 1. The van der Waals surface area contributed by atoms with Gasteiger partial charge in [-0.05, 0) is 33.6 Å². The van der Waals surface area contributed by atoms with E-state index in [4.69, 9.17) is 9.84 Å². The van der Waals surface area contributed by atoms with Gasteiger partial charge in [-0.1, -0.05) is 6.07 Å². The molecule has 0 radical (unpaired) electrons. The van der Waals surface area contributed by atoms with Gasteiger partial charge in [0.2, 0.25) is 0 Å². The molecule has 0 saturated carbocycles. The van der Waals surface area contributed by atoms with Crippen LogP contribution in [0.25, 0.3) is 0 Å². The van der Waals surface area contributed by atoms with E-state index in [9.17, 15) is 9.18 Å². The molecule has 98 valence electrons. The minimum Gasteiger partial charge on any atom is -0.480 e. The van der Waals surface area contributed by atoms with Crippen molar-refractivity contribution in [2.75, 3.05) is 26.2 Å². The first-order valence-corrected chi connectivity index (χ1v) is 6.36. The molecular formula is C12H13BrFNO3. The number of carbonyl (C=O) groups is 1. The van der Waals surface area contributed by atoms with E-state index in [-0.39, 0.29) is 18.5 Å². The summed E-state index contributed by atoms with van der Waals surface area (Å²) in [6.45, 7) is 1.59. The molecular weight excluding hydrogens is 305 g/mol. The Hall–Kier alpha value is -0.980. The van der Waals surface area contributed by atoms with Crippen molar-refractivity contribution in [1.29, 1.82) is 0 Å². The average Bonchev–Trinajstić information content (AvgIpc) is 2.32. The molecule has 1 heterocycles. The summed E-state index contributed by atoms with van der Waals surface area (Å²) in [6, 6.07) is 4.71. The summed E-state index contributed by atoms with van der Waals surface area (Å²) >= 11 is 3.13. The summed E-state index contributed by atoms with van der Waals surface area (Å²) in [6.07, 6.45) is -0.213. The molecule has 0 bridgehead atoms. The fraction of sp³-hybridized carbons (Fsp3) is 0.417. The highest BCUT2D eigenvalue weighted by Crippen LogP contribution is 2.26. The van der Waals surface area contributed by atoms with Gasteiger partial charge >= 0.3 is 5.97 Å². The highest BCUT2D eigenvalue weighted by molar-refractivity contribution is 9.10. The van der Waals surface area contributed by atoms with Crippen LogP contribution in [0.15, 0.2) is 22.7 Å². The smallest absolute Gasteiger partial charge is 0.317 e. The number of hydrogen-bond donors (Lipinski definition) is 1. The molecule has 0 aliphatic carbocycles. The second-order valence-corrected chi connectivity index (χ2v) is 5.02. The van der Waals surface area contributed by atoms with Crippen LogP contribution in [0.1, 0.15) is 11.7 Å². The molecule has 0 aromatic heterocycles. The number of morpholine rings is 1. The van der Waals surface area contributed by atoms with E-state index in [2.05, 4.69) is 15.9 Å². The van der Waals surface area contributed by atoms with E-state index in [1.807, 2.05) is 4.90 Å². The first-order chi connectivity index (χ1) is 8.56. The predicted octanol–water partition coefficient (Wildman–Crippen LogP) is 2.05. The summed E-state index contributed by atoms with van der Waals surface area (Å²) in [5, 5.41) is 8.76. The monoisotopic (exact) mass is 317 g/mol. The third-order valence-corrected chi connectivity index (χ3v) is 3.43. The third kappa shape index (κ3) is 3.28. The SMILES string of the molecule is O=C(O)CN1CCOC(c2ccc(F)c(Br)c2)C1. The van der Waals surface area contributed by atoms with Crippen LogP contribution in [0.3, 0.4) is 0 Å². The predicted molar refractivity (Wildman–Crippen MR) is 66.9 cm³/mol. The Morgan fingerprint density at radius 2 is 2.39 bits per heavy atom. The zero-order valence-corrected chi connectivity index (χ0v) is 11.2. The van der Waals surface area contributed by atoms with E-state index in [1.54, 1.807) is 12.1 Å². The highest BCUT2D eigenvalue weighted by Gasteiger charge is 2.23. The van der Waals surface area contributed by atoms with Crippen LogP contribution < -0.4 is 0 Å². The second-order valence-electron chi connectivity index (χ2n) is 4.16. The lowest BCUT2D eigenvalue weighted by atomic mass is 10.1. The summed E-state index contributed by atoms with van der Waals surface area (Å²) in [7, 11) is 0. The largest absolute Gasteiger partial charge is 0.480 e. The summed E-state index contributed by atoms with van der Waals surface area (Å²) in [4.78, 5) is 12.5. The van der Waals surface area contributed by atoms with Crippen molar-refractivity contribution in [3.8, 4) is 0 Å². The molecule has 1 aromatic carbocycles. The van der Waals surface area contributed by atoms with Gasteiger partial charge in [-0.2, -0.15) is 0 Å². The van der Waals surface area contributed by atoms with Crippen molar-refractivity contribution < 1.29 is 19.0 Å². The molecule has 1 unspecified atom stereocenters. The van der Waals surface area contributed by atoms with E-state index < -0.39 is 5.97 Å². The topological polar surface area (TPSA) is 49.8 Å². The average molecular weight is 318 g/mol. The Morgan fingerprint density at radius 3 is 3.06 bits per heavy atom. The van der Waals surface area contributed by atoms with Gasteiger partial charge in [0.15, 0.2) is 0 Å². The Bertz CT molecular complexity index is 455. The first-order valence-electron chi connectivity index (χ1n) is 5.57. The molecule has 1 fully saturated rings. The van der Waals surface area contributed by atoms with E-state index in [0.29, 0.717) is 24.2 Å². The van der Waals surface area contributed by atoms with Crippen LogP contribution in [0, 0.1) is 5.82 Å². The fourth-order valence-electron chi connectivity index (χ4n) is 1.95. The van der Waals surface area contributed by atoms with Gasteiger partial charge in [0.05, 0.1) is 23.7 Å². The maximum atomic E-state index is 13.1. The fourth-order valence-corrected chi connectivity index (χ4v) is 2.35. The second kappa shape index (κ2) is 5.77. The van der Waals surface area contributed by atoms with E-state index in [1.165, 1.54) is 6.07 Å². The number of benzene rings is 1. The number of carboxylic acids is 1. The molecule has 1 atom stereocenters. The number of ether oxygens (including phenoxy) is 1. The number of hydrogen-bond acceptors (Lipinski definition) is 3. The van der Waals surface area contributed by atoms with Crippen molar-refractivity contribution in [3.05, 3.63) is 34.1 Å². The van der Waals surface area contributed by atoms with Crippen molar-refractivity contribution in [2.24, 2.45) is 0 Å². The molecule has 0 spiro atoms. The first kappa shape index (κ1) is 13.5. The van der Waals surface area contributed by atoms with Crippen LogP contribution in [0.2, 0.25) is 0 Å². The van der Waals surface area contributed by atoms with Crippen LogP contribution >= 0.6 is 15.9 Å². The minimum atomic E-state index is -0.851. The standard InChI is InChI=1S/C12H13BrFNO3/c13-9-5-8(1-2-10(9)14)11-6-15(3-4-18-11)7-12(16)17/h1-2,5,11H,3-4,6-7H2,(H,16,17). The zero-order chi connectivity index (χ0) is 13.1. The number of halogens is 2. The van der Waals surface area contributed by atoms with Crippen molar-refractivity contribution in [2.45, 2.75) is 6.10 Å². The highest BCUT2D eigenvalue weighted by atomic mass is 79.9. The van der Waals surface area contributed by atoms with Crippen LogP contribution in [-0.4, -0.2) is 42.2 Å². The third-order valence-electron chi connectivity index (χ3n) is 2.82. The summed E-state index contributed by atoms with van der Waals surface area (Å²) in [5.41, 5.74) is 0.846. The maximum Gasteiger partial charge on any atom is 0.317 e. The van der Waals surface area contributed by atoms with Crippen molar-refractivity contribution in [1.82, 2.24) is 4.90 Å². The quantitative estimate of drug-likeness (QED) is 0.927. The lowest BCUT2D eigenvalue weighted by Gasteiger charge is -2.32. The van der Waals surface area contributed by atoms with E-state index in [0.717, 1.165) is 5.56 Å². The Labute approximate surface area is 112 Å². The Morgan fingerprint density at radius 1 is 1.61 bits per heavy atom. The van der Waals surface area contributed by atoms with Crippen LogP contribution in [-0.2, 0) is 9.53 Å². The molecule has 1 aliphatic rings. The maximum absolute atomic E-state index is 13.1. The molecule has 18 heavy (non-hydrogen) atoms. The zero-order valence-electron chi connectivity index (χ0n) is 9.60. The van der Waals surface area contributed by atoms with Gasteiger partial charge < -0.3 is 9.84 Å². The molecule has 0 amide bonds. The number of aliphatic carboxylic acids is 1. The van der Waals surface area contributed by atoms with Crippen LogP contribution in [0.5, 0.6) is 0 Å². The summed E-state index contributed by atoms with van der Waals surface area (Å²) < 4.78 is 19.1.